The van der Waals surface area contributed by atoms with Crippen molar-refractivity contribution >= 4 is 29.0 Å². The molecule has 0 unspecified atom stereocenters. The predicted molar refractivity (Wildman–Crippen MR) is 117 cm³/mol. The number of esters is 1. The largest absolute Gasteiger partial charge is 0.482 e. The van der Waals surface area contributed by atoms with E-state index < -0.39 is 5.97 Å². The summed E-state index contributed by atoms with van der Waals surface area (Å²) in [4.78, 5) is 15.9. The fourth-order valence-corrected chi connectivity index (χ4v) is 3.46. The van der Waals surface area contributed by atoms with Gasteiger partial charge in [0.05, 0.1) is 22.9 Å². The van der Waals surface area contributed by atoms with Gasteiger partial charge in [-0.05, 0) is 68.2 Å². The maximum absolute atomic E-state index is 11.6. The molecule has 3 rings (SSSR count). The van der Waals surface area contributed by atoms with E-state index in [2.05, 4.69) is 17.1 Å². The molecule has 1 aromatic heterocycles. The third-order valence-electron chi connectivity index (χ3n) is 4.90. The van der Waals surface area contributed by atoms with E-state index in [0.717, 1.165) is 22.3 Å². The first-order valence-electron chi connectivity index (χ1n) is 9.73. The summed E-state index contributed by atoms with van der Waals surface area (Å²) in [6, 6.07) is 11.5. The summed E-state index contributed by atoms with van der Waals surface area (Å²) < 4.78 is 10.5. The lowest BCUT2D eigenvalue weighted by Crippen LogP contribution is -2.18. The van der Waals surface area contributed by atoms with Gasteiger partial charge in [-0.25, -0.2) is 9.78 Å². The molecule has 0 aliphatic heterocycles. The minimum atomic E-state index is -0.427. The summed E-state index contributed by atoms with van der Waals surface area (Å²) in [5.41, 5.74) is 11.1. The van der Waals surface area contributed by atoms with Gasteiger partial charge in [-0.3, -0.25) is 0 Å². The smallest absolute Gasteiger partial charge is 0.344 e. The Bertz CT molecular complexity index is 1190. The number of aromatic nitrogens is 1. The van der Waals surface area contributed by atoms with Crippen LogP contribution in [0.2, 0.25) is 0 Å². The second-order valence-electron chi connectivity index (χ2n) is 7.40. The molecule has 0 saturated heterocycles. The van der Waals surface area contributed by atoms with Crippen LogP contribution in [0.5, 0.6) is 5.75 Å². The number of allylic oxidation sites excluding steroid dienone is 3. The average molecular weight is 414 g/mol. The number of nitrogen functional groups attached to an aromatic ring is 1. The van der Waals surface area contributed by atoms with Crippen LogP contribution >= 0.6 is 0 Å². The standard InChI is InChI=1S/C24H22N4O3/c1-13(2)31-21(29)12-30-17-7-5-16(6-8-17)9-18-14(3)19(10-25)23-22(18)15(4)20(11-26)24(27)28-23/h5-9,13H,12H2,1-4H3,(H2,27,28)/b18-9+. The Morgan fingerprint density at radius 3 is 2.45 bits per heavy atom. The van der Waals surface area contributed by atoms with E-state index in [1.165, 1.54) is 0 Å². The maximum atomic E-state index is 11.6. The molecule has 31 heavy (non-hydrogen) atoms. The molecule has 0 fully saturated rings. The number of carbonyl (C=O) groups excluding carboxylic acids is 1. The van der Waals surface area contributed by atoms with Crippen molar-refractivity contribution in [2.45, 2.75) is 33.8 Å². The number of nitriles is 2. The third-order valence-corrected chi connectivity index (χ3v) is 4.90. The highest BCUT2D eigenvalue weighted by Crippen LogP contribution is 2.44. The van der Waals surface area contributed by atoms with Crippen molar-refractivity contribution in [3.05, 3.63) is 57.8 Å². The van der Waals surface area contributed by atoms with Crippen molar-refractivity contribution in [2.75, 3.05) is 12.3 Å². The van der Waals surface area contributed by atoms with Crippen molar-refractivity contribution in [2.24, 2.45) is 0 Å². The molecule has 1 heterocycles. The molecule has 0 radical (unpaired) electrons. The van der Waals surface area contributed by atoms with E-state index in [1.54, 1.807) is 26.0 Å². The number of nitrogens with two attached hydrogens (primary N) is 1. The lowest BCUT2D eigenvalue weighted by molar-refractivity contribution is -0.149. The van der Waals surface area contributed by atoms with E-state index in [1.807, 2.05) is 32.1 Å². The number of carbonyl (C=O) groups is 1. The van der Waals surface area contributed by atoms with E-state index in [4.69, 9.17) is 15.2 Å². The van der Waals surface area contributed by atoms with Gasteiger partial charge >= 0.3 is 5.97 Å². The van der Waals surface area contributed by atoms with E-state index in [0.29, 0.717) is 28.1 Å². The summed E-state index contributed by atoms with van der Waals surface area (Å²) in [5, 5.41) is 19.1. The molecule has 1 aliphatic rings. The normalized spacial score (nSPS) is 13.7. The Morgan fingerprint density at radius 2 is 1.87 bits per heavy atom. The number of fused-ring (bicyclic) bond motifs is 1. The van der Waals surface area contributed by atoms with Gasteiger partial charge in [-0.15, -0.1) is 0 Å². The first kappa shape index (κ1) is 21.6. The van der Waals surface area contributed by atoms with E-state index in [9.17, 15) is 15.3 Å². The van der Waals surface area contributed by atoms with Crippen LogP contribution in [-0.2, 0) is 9.53 Å². The SMILES string of the molecule is CC1=C(C#N)c2nc(N)c(C#N)c(C)c2/C1=C/c1ccc(OCC(=O)OC(C)C)cc1. The molecule has 0 spiro atoms. The number of benzene rings is 1. The van der Waals surface area contributed by atoms with Crippen LogP contribution in [-0.4, -0.2) is 23.7 Å². The number of anilines is 1. The summed E-state index contributed by atoms with van der Waals surface area (Å²) in [5.74, 6) is 0.235. The molecule has 2 aromatic rings. The quantitative estimate of drug-likeness (QED) is 0.733. The van der Waals surface area contributed by atoms with Crippen LogP contribution in [0.1, 0.15) is 48.7 Å². The third kappa shape index (κ3) is 4.26. The first-order chi connectivity index (χ1) is 14.8. The molecule has 1 aliphatic carbocycles. The van der Waals surface area contributed by atoms with Crippen molar-refractivity contribution in [1.29, 1.82) is 10.5 Å². The predicted octanol–water partition coefficient (Wildman–Crippen LogP) is 4.03. The van der Waals surface area contributed by atoms with Crippen LogP contribution in [0.25, 0.3) is 17.2 Å². The summed E-state index contributed by atoms with van der Waals surface area (Å²) >= 11 is 0. The lowest BCUT2D eigenvalue weighted by Gasteiger charge is -2.11. The zero-order valence-corrected chi connectivity index (χ0v) is 17.8. The van der Waals surface area contributed by atoms with Crippen molar-refractivity contribution in [1.82, 2.24) is 4.98 Å². The number of hydrogen-bond acceptors (Lipinski definition) is 7. The summed E-state index contributed by atoms with van der Waals surface area (Å²) in [6.45, 7) is 7.06. The number of ether oxygens (including phenoxy) is 2. The monoisotopic (exact) mass is 414 g/mol. The van der Waals surface area contributed by atoms with Crippen LogP contribution in [0.15, 0.2) is 29.8 Å². The Labute approximate surface area is 181 Å². The summed E-state index contributed by atoms with van der Waals surface area (Å²) in [6.07, 6.45) is 1.74. The van der Waals surface area contributed by atoms with E-state index in [-0.39, 0.29) is 18.5 Å². The lowest BCUT2D eigenvalue weighted by atomic mass is 9.95. The van der Waals surface area contributed by atoms with Gasteiger partial charge in [-0.2, -0.15) is 10.5 Å². The van der Waals surface area contributed by atoms with Crippen LogP contribution in [0, 0.1) is 29.6 Å². The van der Waals surface area contributed by atoms with Crippen LogP contribution in [0.3, 0.4) is 0 Å². The molecule has 7 heteroatoms. The van der Waals surface area contributed by atoms with E-state index >= 15 is 0 Å². The van der Waals surface area contributed by atoms with Gasteiger partial charge in [-0.1, -0.05) is 12.1 Å². The Morgan fingerprint density at radius 1 is 1.19 bits per heavy atom. The number of nitrogens with zero attached hydrogens (tertiary/aromatic N) is 3. The fraction of sp³-hybridized carbons (Fsp3) is 0.250. The Hall–Kier alpha value is -4.10. The van der Waals surface area contributed by atoms with Crippen LogP contribution in [0.4, 0.5) is 5.82 Å². The molecule has 0 amide bonds. The van der Waals surface area contributed by atoms with Crippen molar-refractivity contribution < 1.29 is 14.3 Å². The zero-order chi connectivity index (χ0) is 22.7. The molecule has 2 N–H and O–H groups in total. The maximum Gasteiger partial charge on any atom is 0.344 e. The minimum Gasteiger partial charge on any atom is -0.482 e. The first-order valence-corrected chi connectivity index (χ1v) is 9.73. The van der Waals surface area contributed by atoms with Gasteiger partial charge in [0, 0.05) is 5.56 Å². The molecule has 0 atom stereocenters. The highest BCUT2D eigenvalue weighted by molar-refractivity contribution is 6.08. The second kappa shape index (κ2) is 8.73. The zero-order valence-electron chi connectivity index (χ0n) is 17.8. The second-order valence-corrected chi connectivity index (χ2v) is 7.40. The van der Waals surface area contributed by atoms with Gasteiger partial charge in [0.25, 0.3) is 0 Å². The summed E-state index contributed by atoms with van der Waals surface area (Å²) in [7, 11) is 0. The van der Waals surface area contributed by atoms with Crippen molar-refractivity contribution in [3.63, 3.8) is 0 Å². The number of pyridine rings is 1. The fourth-order valence-electron chi connectivity index (χ4n) is 3.46. The Kier molecular flexibility index (Phi) is 6.08. The van der Waals surface area contributed by atoms with Crippen LogP contribution < -0.4 is 10.5 Å². The van der Waals surface area contributed by atoms with Gasteiger partial charge in [0.2, 0.25) is 0 Å². The topological polar surface area (TPSA) is 122 Å². The molecule has 156 valence electrons. The van der Waals surface area contributed by atoms with Crippen molar-refractivity contribution in [3.8, 4) is 17.9 Å². The minimum absolute atomic E-state index is 0.123. The van der Waals surface area contributed by atoms with Gasteiger partial charge in [0.15, 0.2) is 6.61 Å². The average Bonchev–Trinajstić information content (AvgIpc) is 2.98. The molecular weight excluding hydrogens is 392 g/mol. The van der Waals surface area contributed by atoms with Gasteiger partial charge < -0.3 is 15.2 Å². The Balaban J connectivity index is 1.93. The number of hydrogen-bond donors (Lipinski definition) is 1. The molecule has 1 aromatic carbocycles. The highest BCUT2D eigenvalue weighted by Gasteiger charge is 2.29. The molecular formula is C24H22N4O3. The highest BCUT2D eigenvalue weighted by atomic mass is 16.6. The molecule has 0 bridgehead atoms. The van der Waals surface area contributed by atoms with Gasteiger partial charge in [0.1, 0.15) is 23.7 Å². The molecule has 0 saturated carbocycles. The molecule has 7 nitrogen and oxygen atoms in total. The number of rotatable bonds is 5.